The molecule has 0 aliphatic heterocycles. The summed E-state index contributed by atoms with van der Waals surface area (Å²) >= 11 is 1.92. The Morgan fingerprint density at radius 2 is 2.17 bits per heavy atom. The van der Waals surface area contributed by atoms with Gasteiger partial charge in [-0.1, -0.05) is 12.8 Å². The van der Waals surface area contributed by atoms with E-state index in [9.17, 15) is 9.90 Å². The minimum atomic E-state index is -0.649. The summed E-state index contributed by atoms with van der Waals surface area (Å²) in [6.07, 6.45) is 6.67. The van der Waals surface area contributed by atoms with Crippen LogP contribution in [0.25, 0.3) is 0 Å². The van der Waals surface area contributed by atoms with Crippen molar-refractivity contribution in [1.29, 1.82) is 0 Å². The van der Waals surface area contributed by atoms with E-state index in [1.807, 2.05) is 11.8 Å². The molecule has 5 heteroatoms. The van der Waals surface area contributed by atoms with Crippen LogP contribution in [0, 0.1) is 0 Å². The van der Waals surface area contributed by atoms with Crippen LogP contribution >= 0.6 is 11.8 Å². The van der Waals surface area contributed by atoms with Crippen molar-refractivity contribution in [3.05, 3.63) is 0 Å². The number of aliphatic hydroxyl groups excluding tert-OH is 1. The van der Waals surface area contributed by atoms with Gasteiger partial charge in [-0.05, 0) is 26.0 Å². The highest BCUT2D eigenvalue weighted by molar-refractivity contribution is 8.00. The lowest BCUT2D eigenvalue weighted by atomic mass is 10.1. The average Bonchev–Trinajstić information content (AvgIpc) is 2.78. The number of hydrogen-bond acceptors (Lipinski definition) is 5. The van der Waals surface area contributed by atoms with Crippen molar-refractivity contribution in [2.45, 2.75) is 49.9 Å². The van der Waals surface area contributed by atoms with Gasteiger partial charge in [-0.2, -0.15) is 11.8 Å². The van der Waals surface area contributed by atoms with Gasteiger partial charge in [0.25, 0.3) is 0 Å². The van der Waals surface area contributed by atoms with E-state index in [1.165, 1.54) is 25.7 Å². The van der Waals surface area contributed by atoms with Crippen LogP contribution in [0.15, 0.2) is 0 Å². The zero-order chi connectivity index (χ0) is 13.4. The fraction of sp³-hybridized carbons (Fsp3) is 0.923. The molecule has 106 valence electrons. The molecule has 2 N–H and O–H groups in total. The van der Waals surface area contributed by atoms with E-state index in [2.05, 4.69) is 11.6 Å². The number of carbonyl (C=O) groups excluding carboxylic acids is 1. The first kappa shape index (κ1) is 15.8. The molecule has 0 aromatic rings. The SMILES string of the molecule is CCOC(=O)CC(O)CNCC1(SC)CCCC1. The third-order valence-electron chi connectivity index (χ3n) is 3.48. The van der Waals surface area contributed by atoms with Crippen LogP contribution < -0.4 is 5.32 Å². The highest BCUT2D eigenvalue weighted by atomic mass is 32.2. The number of hydrogen-bond donors (Lipinski definition) is 2. The van der Waals surface area contributed by atoms with E-state index in [1.54, 1.807) is 6.92 Å². The molecule has 4 nitrogen and oxygen atoms in total. The third kappa shape index (κ3) is 5.16. The number of rotatable bonds is 8. The van der Waals surface area contributed by atoms with Gasteiger partial charge in [-0.3, -0.25) is 4.79 Å². The Balaban J connectivity index is 2.18. The molecule has 1 fully saturated rings. The number of thioether (sulfide) groups is 1. The molecule has 0 heterocycles. The highest BCUT2D eigenvalue weighted by Crippen LogP contribution is 2.39. The first-order valence-electron chi connectivity index (χ1n) is 6.71. The zero-order valence-electron chi connectivity index (χ0n) is 11.4. The smallest absolute Gasteiger partial charge is 0.308 e. The van der Waals surface area contributed by atoms with Crippen molar-refractivity contribution in [2.24, 2.45) is 0 Å². The summed E-state index contributed by atoms with van der Waals surface area (Å²) < 4.78 is 5.14. The maximum Gasteiger partial charge on any atom is 0.308 e. The topological polar surface area (TPSA) is 58.6 Å². The first-order valence-corrected chi connectivity index (χ1v) is 7.94. The summed E-state index contributed by atoms with van der Waals surface area (Å²) in [5.74, 6) is -0.327. The molecule has 0 aromatic carbocycles. The van der Waals surface area contributed by atoms with Crippen molar-refractivity contribution in [3.8, 4) is 0 Å². The van der Waals surface area contributed by atoms with Gasteiger partial charge in [0.15, 0.2) is 0 Å². The van der Waals surface area contributed by atoms with Gasteiger partial charge in [-0.15, -0.1) is 0 Å². The van der Waals surface area contributed by atoms with Gasteiger partial charge < -0.3 is 15.2 Å². The van der Waals surface area contributed by atoms with Crippen LogP contribution in [0.4, 0.5) is 0 Å². The Kier molecular flexibility index (Phi) is 7.04. The van der Waals surface area contributed by atoms with Crippen molar-refractivity contribution in [3.63, 3.8) is 0 Å². The summed E-state index contributed by atoms with van der Waals surface area (Å²) in [5.41, 5.74) is 0. The van der Waals surface area contributed by atoms with E-state index in [0.29, 0.717) is 17.9 Å². The van der Waals surface area contributed by atoms with Gasteiger partial charge in [0, 0.05) is 17.8 Å². The quantitative estimate of drug-likeness (QED) is 0.659. The van der Waals surface area contributed by atoms with Crippen LogP contribution in [0.2, 0.25) is 0 Å². The van der Waals surface area contributed by atoms with Crippen molar-refractivity contribution >= 4 is 17.7 Å². The van der Waals surface area contributed by atoms with Crippen molar-refractivity contribution in [2.75, 3.05) is 26.0 Å². The molecular weight excluding hydrogens is 250 g/mol. The molecule has 0 spiro atoms. The molecule has 0 saturated heterocycles. The number of ether oxygens (including phenoxy) is 1. The second kappa shape index (κ2) is 8.02. The van der Waals surface area contributed by atoms with E-state index < -0.39 is 6.10 Å². The molecular formula is C13H25NO3S. The number of aliphatic hydroxyl groups is 1. The molecule has 1 aliphatic carbocycles. The van der Waals surface area contributed by atoms with Gasteiger partial charge in [0.05, 0.1) is 19.1 Å². The Hall–Kier alpha value is -0.260. The number of nitrogens with one attached hydrogen (secondary N) is 1. The van der Waals surface area contributed by atoms with E-state index in [0.717, 1.165) is 6.54 Å². The number of carbonyl (C=O) groups is 1. The monoisotopic (exact) mass is 275 g/mol. The maximum absolute atomic E-state index is 11.2. The Morgan fingerprint density at radius 3 is 2.72 bits per heavy atom. The van der Waals surface area contributed by atoms with Gasteiger partial charge >= 0.3 is 5.97 Å². The summed E-state index contributed by atoms with van der Waals surface area (Å²) in [4.78, 5) is 11.2. The van der Waals surface area contributed by atoms with E-state index in [-0.39, 0.29) is 12.4 Å². The Morgan fingerprint density at radius 1 is 1.50 bits per heavy atom. The van der Waals surface area contributed by atoms with Gasteiger partial charge in [-0.25, -0.2) is 0 Å². The van der Waals surface area contributed by atoms with Crippen LogP contribution in [-0.4, -0.2) is 47.9 Å². The minimum Gasteiger partial charge on any atom is -0.466 e. The molecule has 18 heavy (non-hydrogen) atoms. The van der Waals surface area contributed by atoms with E-state index in [4.69, 9.17) is 4.74 Å². The molecule has 0 aromatic heterocycles. The summed E-state index contributed by atoms with van der Waals surface area (Å²) in [6, 6.07) is 0. The van der Waals surface area contributed by atoms with Crippen LogP contribution in [0.3, 0.4) is 0 Å². The standard InChI is InChI=1S/C13H25NO3S/c1-3-17-12(16)8-11(15)9-14-10-13(18-2)6-4-5-7-13/h11,14-15H,3-10H2,1-2H3. The average molecular weight is 275 g/mol. The minimum absolute atomic E-state index is 0.0765. The fourth-order valence-corrected chi connectivity index (χ4v) is 3.37. The molecule has 1 unspecified atom stereocenters. The van der Waals surface area contributed by atoms with Gasteiger partial charge in [0.2, 0.25) is 0 Å². The van der Waals surface area contributed by atoms with Crippen molar-refractivity contribution in [1.82, 2.24) is 5.32 Å². The molecule has 1 aliphatic rings. The molecule has 1 rings (SSSR count). The second-order valence-electron chi connectivity index (χ2n) is 4.89. The Labute approximate surface area is 114 Å². The lowest BCUT2D eigenvalue weighted by Gasteiger charge is -2.27. The van der Waals surface area contributed by atoms with E-state index >= 15 is 0 Å². The third-order valence-corrected chi connectivity index (χ3v) is 4.90. The van der Waals surface area contributed by atoms with Crippen molar-refractivity contribution < 1.29 is 14.6 Å². The predicted molar refractivity (Wildman–Crippen MR) is 74.8 cm³/mol. The maximum atomic E-state index is 11.2. The Bertz CT molecular complexity index is 255. The highest BCUT2D eigenvalue weighted by Gasteiger charge is 2.32. The lowest BCUT2D eigenvalue weighted by molar-refractivity contribution is -0.145. The first-order chi connectivity index (χ1) is 8.62. The molecule has 0 bridgehead atoms. The molecule has 1 saturated carbocycles. The summed E-state index contributed by atoms with van der Waals surface area (Å²) in [6.45, 7) is 3.51. The number of esters is 1. The molecule has 0 radical (unpaired) electrons. The van der Waals surface area contributed by atoms with Crippen LogP contribution in [0.1, 0.15) is 39.0 Å². The van der Waals surface area contributed by atoms with Crippen LogP contribution in [-0.2, 0) is 9.53 Å². The predicted octanol–water partition coefficient (Wildman–Crippen LogP) is 1.57. The largest absolute Gasteiger partial charge is 0.466 e. The second-order valence-corrected chi connectivity index (χ2v) is 6.16. The summed E-state index contributed by atoms with van der Waals surface area (Å²) in [7, 11) is 0. The normalized spacial score (nSPS) is 19.7. The summed E-state index contributed by atoms with van der Waals surface area (Å²) in [5, 5.41) is 13.0. The molecule has 1 atom stereocenters. The van der Waals surface area contributed by atoms with Gasteiger partial charge in [0.1, 0.15) is 0 Å². The fourth-order valence-electron chi connectivity index (χ4n) is 2.42. The van der Waals surface area contributed by atoms with Crippen LogP contribution in [0.5, 0.6) is 0 Å². The zero-order valence-corrected chi connectivity index (χ0v) is 12.2. The lowest BCUT2D eigenvalue weighted by Crippen LogP contribution is -2.39. The molecule has 0 amide bonds.